The van der Waals surface area contributed by atoms with Crippen LogP contribution in [0.1, 0.15) is 13.3 Å². The van der Waals surface area contributed by atoms with Crippen molar-refractivity contribution in [2.45, 2.75) is 25.4 Å². The summed E-state index contributed by atoms with van der Waals surface area (Å²) in [7, 11) is -2.99. The second-order valence-electron chi connectivity index (χ2n) is 6.96. The van der Waals surface area contributed by atoms with Crippen LogP contribution in [0, 0.1) is 0 Å². The SMILES string of the molecule is C[C@H](C(=O)N[C@H]1CCS(=O)(=O)C1)[NH+]1CCN(c2ccccc2O)CC1. The second-order valence-corrected chi connectivity index (χ2v) is 9.19. The smallest absolute Gasteiger partial charge is 0.278 e. The highest BCUT2D eigenvalue weighted by atomic mass is 32.2. The van der Waals surface area contributed by atoms with Crippen LogP contribution < -0.4 is 15.1 Å². The molecule has 2 heterocycles. The van der Waals surface area contributed by atoms with Crippen LogP contribution in [-0.4, -0.2) is 69.2 Å². The molecule has 2 atom stereocenters. The van der Waals surface area contributed by atoms with Crippen LogP contribution in [0.2, 0.25) is 0 Å². The van der Waals surface area contributed by atoms with E-state index in [1.165, 1.54) is 4.90 Å². The van der Waals surface area contributed by atoms with Crippen LogP contribution in [0.15, 0.2) is 24.3 Å². The summed E-state index contributed by atoms with van der Waals surface area (Å²) in [6, 6.07) is 6.82. The molecule has 0 aliphatic carbocycles. The summed E-state index contributed by atoms with van der Waals surface area (Å²) in [6.07, 6.45) is 0.511. The van der Waals surface area contributed by atoms with E-state index in [-0.39, 0.29) is 35.2 Å². The van der Waals surface area contributed by atoms with E-state index in [4.69, 9.17) is 0 Å². The summed E-state index contributed by atoms with van der Waals surface area (Å²) in [5.41, 5.74) is 0.829. The van der Waals surface area contributed by atoms with E-state index in [9.17, 15) is 18.3 Å². The van der Waals surface area contributed by atoms with Crippen LogP contribution in [0.5, 0.6) is 5.75 Å². The Bertz CT molecular complexity index is 729. The maximum absolute atomic E-state index is 12.4. The Hall–Kier alpha value is -1.80. The lowest BCUT2D eigenvalue weighted by Gasteiger charge is -2.36. The monoisotopic (exact) mass is 368 g/mol. The van der Waals surface area contributed by atoms with Crippen molar-refractivity contribution in [1.82, 2.24) is 5.32 Å². The lowest BCUT2D eigenvalue weighted by Crippen LogP contribution is -3.19. The molecular weight excluding hydrogens is 342 g/mol. The van der Waals surface area contributed by atoms with E-state index in [0.29, 0.717) is 6.42 Å². The zero-order chi connectivity index (χ0) is 18.0. The Balaban J connectivity index is 1.52. The quantitative estimate of drug-likeness (QED) is 0.620. The number of amides is 1. The molecule has 138 valence electrons. The first-order valence-corrected chi connectivity index (χ1v) is 10.6. The minimum Gasteiger partial charge on any atom is -0.506 e. The highest BCUT2D eigenvalue weighted by molar-refractivity contribution is 7.91. The van der Waals surface area contributed by atoms with Gasteiger partial charge in [0.1, 0.15) is 5.75 Å². The molecule has 3 rings (SSSR count). The van der Waals surface area contributed by atoms with Gasteiger partial charge in [-0.05, 0) is 25.5 Å². The van der Waals surface area contributed by atoms with Crippen LogP contribution in [0.3, 0.4) is 0 Å². The van der Waals surface area contributed by atoms with E-state index >= 15 is 0 Å². The van der Waals surface area contributed by atoms with Crippen molar-refractivity contribution in [2.24, 2.45) is 0 Å². The van der Waals surface area contributed by atoms with Gasteiger partial charge in [0.15, 0.2) is 15.9 Å². The summed E-state index contributed by atoms with van der Waals surface area (Å²) in [5, 5.41) is 12.9. The van der Waals surface area contributed by atoms with Gasteiger partial charge in [-0.25, -0.2) is 8.42 Å². The first-order valence-electron chi connectivity index (χ1n) is 8.74. The van der Waals surface area contributed by atoms with Crippen molar-refractivity contribution >= 4 is 21.4 Å². The van der Waals surface area contributed by atoms with Gasteiger partial charge in [-0.1, -0.05) is 12.1 Å². The number of carbonyl (C=O) groups is 1. The summed E-state index contributed by atoms with van der Waals surface area (Å²) in [5.74, 6) is 0.424. The molecule has 2 saturated heterocycles. The summed E-state index contributed by atoms with van der Waals surface area (Å²) >= 11 is 0. The van der Waals surface area contributed by atoms with Gasteiger partial charge in [-0.3, -0.25) is 4.79 Å². The minimum absolute atomic E-state index is 0.0574. The second kappa shape index (κ2) is 7.21. The number of carbonyl (C=O) groups excluding carboxylic acids is 1. The van der Waals surface area contributed by atoms with Crippen molar-refractivity contribution in [3.63, 3.8) is 0 Å². The molecule has 8 heteroatoms. The predicted octanol–water partition coefficient (Wildman–Crippen LogP) is -1.21. The van der Waals surface area contributed by atoms with Gasteiger partial charge < -0.3 is 20.2 Å². The molecule has 0 unspecified atom stereocenters. The molecule has 0 saturated carbocycles. The Kier molecular flexibility index (Phi) is 5.19. The Morgan fingerprint density at radius 1 is 1.32 bits per heavy atom. The highest BCUT2D eigenvalue weighted by Crippen LogP contribution is 2.26. The predicted molar refractivity (Wildman–Crippen MR) is 95.7 cm³/mol. The molecule has 0 radical (unpaired) electrons. The molecule has 0 aromatic heterocycles. The number of hydrogen-bond acceptors (Lipinski definition) is 5. The normalized spacial score (nSPS) is 24.8. The molecule has 2 aliphatic heterocycles. The standard InChI is InChI=1S/C17H25N3O4S/c1-13(17(22)18-14-6-11-25(23,24)12-14)19-7-9-20(10-8-19)15-4-2-3-5-16(15)21/h2-5,13-14,21H,6-12H2,1H3,(H,18,22)/p+1/t13-,14+/m1/s1. The fourth-order valence-electron chi connectivity index (χ4n) is 3.62. The zero-order valence-electron chi connectivity index (χ0n) is 14.4. The van der Waals surface area contributed by atoms with E-state index in [1.54, 1.807) is 12.1 Å². The van der Waals surface area contributed by atoms with Gasteiger partial charge >= 0.3 is 0 Å². The van der Waals surface area contributed by atoms with Gasteiger partial charge in [-0.15, -0.1) is 0 Å². The summed E-state index contributed by atoms with van der Waals surface area (Å²) in [4.78, 5) is 15.8. The third-order valence-corrected chi connectivity index (χ3v) is 6.98. The number of phenols is 1. The Labute approximate surface area is 148 Å². The zero-order valence-corrected chi connectivity index (χ0v) is 15.3. The molecule has 2 fully saturated rings. The fraction of sp³-hybridized carbons (Fsp3) is 0.588. The Morgan fingerprint density at radius 2 is 2.00 bits per heavy atom. The number of nitrogens with one attached hydrogen (secondary N) is 2. The molecule has 1 aromatic carbocycles. The van der Waals surface area contributed by atoms with Crippen molar-refractivity contribution in [2.75, 3.05) is 42.6 Å². The van der Waals surface area contributed by atoms with Gasteiger partial charge in [0.2, 0.25) is 0 Å². The number of benzene rings is 1. The van der Waals surface area contributed by atoms with Crippen LogP contribution >= 0.6 is 0 Å². The van der Waals surface area contributed by atoms with Gasteiger partial charge in [0, 0.05) is 6.04 Å². The molecular formula is C17H26N3O4S+. The topological polar surface area (TPSA) is 91.2 Å². The number of rotatable bonds is 4. The molecule has 25 heavy (non-hydrogen) atoms. The van der Waals surface area contributed by atoms with Crippen molar-refractivity contribution in [3.8, 4) is 5.75 Å². The third kappa shape index (κ3) is 4.24. The fourth-order valence-corrected chi connectivity index (χ4v) is 5.29. The van der Waals surface area contributed by atoms with E-state index in [2.05, 4.69) is 10.2 Å². The Morgan fingerprint density at radius 3 is 2.60 bits per heavy atom. The van der Waals surface area contributed by atoms with Crippen molar-refractivity contribution in [1.29, 1.82) is 0 Å². The summed E-state index contributed by atoms with van der Waals surface area (Å²) < 4.78 is 23.0. The van der Waals surface area contributed by atoms with E-state index in [1.807, 2.05) is 19.1 Å². The first-order chi connectivity index (χ1) is 11.9. The van der Waals surface area contributed by atoms with Gasteiger partial charge in [0.05, 0.1) is 43.4 Å². The average molecular weight is 368 g/mol. The molecule has 2 aliphatic rings. The molecule has 7 nitrogen and oxygen atoms in total. The van der Waals surface area contributed by atoms with Crippen molar-refractivity contribution < 1.29 is 23.2 Å². The van der Waals surface area contributed by atoms with Crippen molar-refractivity contribution in [3.05, 3.63) is 24.3 Å². The van der Waals surface area contributed by atoms with Gasteiger partial charge in [-0.2, -0.15) is 0 Å². The molecule has 1 amide bonds. The van der Waals surface area contributed by atoms with E-state index in [0.717, 1.165) is 31.9 Å². The number of anilines is 1. The van der Waals surface area contributed by atoms with E-state index < -0.39 is 9.84 Å². The maximum Gasteiger partial charge on any atom is 0.278 e. The first kappa shape index (κ1) is 18.0. The van der Waals surface area contributed by atoms with Crippen LogP contribution in [0.4, 0.5) is 5.69 Å². The van der Waals surface area contributed by atoms with Crippen LogP contribution in [-0.2, 0) is 14.6 Å². The average Bonchev–Trinajstić information content (AvgIpc) is 2.93. The minimum atomic E-state index is -2.99. The van der Waals surface area contributed by atoms with Gasteiger partial charge in [0.25, 0.3) is 5.91 Å². The third-order valence-electron chi connectivity index (χ3n) is 5.21. The maximum atomic E-state index is 12.4. The number of phenolic OH excluding ortho intramolecular Hbond substituents is 1. The number of quaternary nitrogens is 1. The number of aromatic hydroxyl groups is 1. The number of para-hydroxylation sites is 2. The molecule has 1 aromatic rings. The molecule has 0 spiro atoms. The lowest BCUT2D eigenvalue weighted by molar-refractivity contribution is -0.914. The molecule has 0 bridgehead atoms. The largest absolute Gasteiger partial charge is 0.506 e. The summed E-state index contributed by atoms with van der Waals surface area (Å²) in [6.45, 7) is 5.02. The molecule has 3 N–H and O–H groups in total. The van der Waals surface area contributed by atoms with Crippen LogP contribution in [0.25, 0.3) is 0 Å². The number of sulfone groups is 1. The number of piperazine rings is 1. The number of hydrogen-bond donors (Lipinski definition) is 3. The number of nitrogens with zero attached hydrogens (tertiary/aromatic N) is 1. The highest BCUT2D eigenvalue weighted by Gasteiger charge is 2.34. The lowest BCUT2D eigenvalue weighted by atomic mass is 10.1.